The Morgan fingerprint density at radius 3 is 2.17 bits per heavy atom. The normalized spacial score (nSPS) is 36.8. The summed E-state index contributed by atoms with van der Waals surface area (Å²) < 4.78 is 0. The SMILES string of the molecule is CCC[C@H]1CCCC(C)B1CCCCCP1C2CCCC1CCC2. The zero-order valence-electron chi connectivity index (χ0n) is 16.6. The quantitative estimate of drug-likeness (QED) is 0.237. The van der Waals surface area contributed by atoms with E-state index in [1.165, 1.54) is 49.8 Å². The van der Waals surface area contributed by atoms with Crippen LogP contribution in [-0.2, 0) is 0 Å². The average Bonchev–Trinajstić information content (AvgIpc) is 2.56. The Balaban J connectivity index is 1.35. The molecular weight excluding hydrogens is 306 g/mol. The van der Waals surface area contributed by atoms with Crippen molar-refractivity contribution < 1.29 is 0 Å². The molecule has 3 rings (SSSR count). The van der Waals surface area contributed by atoms with Crippen molar-refractivity contribution in [3.63, 3.8) is 0 Å². The van der Waals surface area contributed by atoms with Crippen molar-refractivity contribution in [1.82, 2.24) is 0 Å². The average molecular weight is 348 g/mol. The van der Waals surface area contributed by atoms with E-state index >= 15 is 0 Å². The van der Waals surface area contributed by atoms with Gasteiger partial charge in [0.05, 0.1) is 0 Å². The van der Waals surface area contributed by atoms with E-state index in [4.69, 9.17) is 0 Å². The maximum Gasteiger partial charge on any atom is 0.146 e. The van der Waals surface area contributed by atoms with E-state index in [2.05, 4.69) is 13.8 Å². The topological polar surface area (TPSA) is 0 Å². The van der Waals surface area contributed by atoms with Gasteiger partial charge in [0.1, 0.15) is 6.71 Å². The minimum Gasteiger partial charge on any atom is -0.100 e. The molecule has 0 aromatic carbocycles. The van der Waals surface area contributed by atoms with Crippen molar-refractivity contribution in [2.24, 2.45) is 0 Å². The van der Waals surface area contributed by atoms with Crippen LogP contribution in [0.15, 0.2) is 0 Å². The molecule has 2 bridgehead atoms. The maximum absolute atomic E-state index is 2.55. The molecule has 0 saturated carbocycles. The number of fused-ring (bicyclic) bond motifs is 2. The molecule has 0 aromatic rings. The summed E-state index contributed by atoms with van der Waals surface area (Å²) in [5.74, 6) is 2.08. The number of rotatable bonds is 8. The van der Waals surface area contributed by atoms with Gasteiger partial charge in [0.2, 0.25) is 0 Å². The molecule has 3 saturated heterocycles. The van der Waals surface area contributed by atoms with Crippen LogP contribution in [0.5, 0.6) is 0 Å². The highest BCUT2D eigenvalue weighted by Gasteiger charge is 2.35. The monoisotopic (exact) mass is 348 g/mol. The molecule has 2 atom stereocenters. The Morgan fingerprint density at radius 2 is 1.50 bits per heavy atom. The van der Waals surface area contributed by atoms with Crippen molar-refractivity contribution >= 4 is 14.6 Å². The van der Waals surface area contributed by atoms with E-state index in [9.17, 15) is 0 Å². The molecule has 3 aliphatic heterocycles. The first-order valence-corrected chi connectivity index (χ1v) is 13.2. The van der Waals surface area contributed by atoms with Gasteiger partial charge in [-0.1, -0.05) is 89.6 Å². The van der Waals surface area contributed by atoms with Gasteiger partial charge in [-0.25, -0.2) is 0 Å². The van der Waals surface area contributed by atoms with E-state index < -0.39 is 0 Å². The summed E-state index contributed by atoms with van der Waals surface area (Å²) >= 11 is 0. The third-order valence-corrected chi connectivity index (χ3v) is 11.5. The third kappa shape index (κ3) is 5.02. The first kappa shape index (κ1) is 19.3. The molecule has 138 valence electrons. The first-order chi connectivity index (χ1) is 11.8. The predicted molar refractivity (Wildman–Crippen MR) is 113 cm³/mol. The van der Waals surface area contributed by atoms with Gasteiger partial charge in [-0.3, -0.25) is 0 Å². The minimum atomic E-state index is 0.436. The lowest BCUT2D eigenvalue weighted by molar-refractivity contribution is 0.474. The van der Waals surface area contributed by atoms with E-state index in [0.717, 1.165) is 18.3 Å². The highest BCUT2D eigenvalue weighted by atomic mass is 31.1. The van der Waals surface area contributed by atoms with Crippen LogP contribution in [0.25, 0.3) is 0 Å². The molecule has 3 aliphatic rings. The second-order valence-corrected chi connectivity index (χ2v) is 12.3. The van der Waals surface area contributed by atoms with Crippen molar-refractivity contribution in [2.45, 2.75) is 133 Å². The molecule has 2 heteroatoms. The molecule has 1 unspecified atom stereocenters. The van der Waals surface area contributed by atoms with Crippen molar-refractivity contribution in [2.75, 3.05) is 6.16 Å². The van der Waals surface area contributed by atoms with Crippen LogP contribution in [-0.4, -0.2) is 24.2 Å². The van der Waals surface area contributed by atoms with Crippen LogP contribution in [0, 0.1) is 0 Å². The van der Waals surface area contributed by atoms with E-state index in [-0.39, 0.29) is 0 Å². The Hall–Kier alpha value is 0.495. The summed E-state index contributed by atoms with van der Waals surface area (Å²) in [6, 6.07) is 0. The summed E-state index contributed by atoms with van der Waals surface area (Å²) in [5.41, 5.74) is 2.39. The van der Waals surface area contributed by atoms with Crippen molar-refractivity contribution in [3.8, 4) is 0 Å². The number of hydrogen-bond acceptors (Lipinski definition) is 0. The maximum atomic E-state index is 2.55. The highest BCUT2D eigenvalue weighted by molar-refractivity contribution is 7.59. The largest absolute Gasteiger partial charge is 0.146 e. The highest BCUT2D eigenvalue weighted by Crippen LogP contribution is 2.59. The summed E-state index contributed by atoms with van der Waals surface area (Å²) in [6.45, 7) is 6.01. The molecule has 3 fully saturated rings. The summed E-state index contributed by atoms with van der Waals surface area (Å²) in [7, 11) is 0.436. The molecule has 0 nitrogen and oxygen atoms in total. The van der Waals surface area contributed by atoms with Gasteiger partial charge >= 0.3 is 0 Å². The van der Waals surface area contributed by atoms with Gasteiger partial charge in [0.25, 0.3) is 0 Å². The minimum absolute atomic E-state index is 0.436. The van der Waals surface area contributed by atoms with E-state index in [1.54, 1.807) is 63.8 Å². The van der Waals surface area contributed by atoms with Crippen LogP contribution in [0.4, 0.5) is 0 Å². The Bertz CT molecular complexity index is 334. The Labute approximate surface area is 154 Å². The lowest BCUT2D eigenvalue weighted by atomic mass is 9.28. The van der Waals surface area contributed by atoms with Crippen LogP contribution < -0.4 is 0 Å². The van der Waals surface area contributed by atoms with E-state index in [0.29, 0.717) is 7.92 Å². The van der Waals surface area contributed by atoms with Gasteiger partial charge in [-0.05, 0) is 49.6 Å². The second kappa shape index (κ2) is 9.99. The molecule has 24 heavy (non-hydrogen) atoms. The van der Waals surface area contributed by atoms with Gasteiger partial charge in [0.15, 0.2) is 0 Å². The summed E-state index contributed by atoms with van der Waals surface area (Å²) in [5, 5.41) is 0. The molecule has 3 heterocycles. The van der Waals surface area contributed by atoms with Gasteiger partial charge < -0.3 is 0 Å². The number of hydrogen-bond donors (Lipinski definition) is 0. The van der Waals surface area contributed by atoms with Gasteiger partial charge in [0, 0.05) is 0 Å². The first-order valence-electron chi connectivity index (χ1n) is 11.5. The Morgan fingerprint density at radius 1 is 0.833 bits per heavy atom. The fraction of sp³-hybridized carbons (Fsp3) is 1.00. The lowest BCUT2D eigenvalue weighted by Gasteiger charge is -2.43. The summed E-state index contributed by atoms with van der Waals surface area (Å²) in [6.07, 6.45) is 24.8. The van der Waals surface area contributed by atoms with Crippen LogP contribution >= 0.6 is 7.92 Å². The Kier molecular flexibility index (Phi) is 8.02. The van der Waals surface area contributed by atoms with Crippen LogP contribution in [0.3, 0.4) is 0 Å². The lowest BCUT2D eigenvalue weighted by Crippen LogP contribution is -2.29. The van der Waals surface area contributed by atoms with Gasteiger partial charge in [-0.2, -0.15) is 0 Å². The molecular formula is C22H42BP. The second-order valence-electron chi connectivity index (χ2n) is 9.38. The van der Waals surface area contributed by atoms with Crippen molar-refractivity contribution in [1.29, 1.82) is 0 Å². The number of unbranched alkanes of at least 4 members (excludes halogenated alkanes) is 2. The molecule has 0 spiro atoms. The predicted octanol–water partition coefficient (Wildman–Crippen LogP) is 7.98. The molecule has 0 N–H and O–H groups in total. The molecule has 0 amide bonds. The van der Waals surface area contributed by atoms with Crippen molar-refractivity contribution in [3.05, 3.63) is 0 Å². The summed E-state index contributed by atoms with van der Waals surface area (Å²) in [4.78, 5) is 0. The van der Waals surface area contributed by atoms with E-state index in [1.807, 2.05) is 0 Å². The molecule has 0 radical (unpaired) electrons. The zero-order chi connectivity index (χ0) is 16.8. The molecule has 0 aromatic heterocycles. The fourth-order valence-electron chi connectivity index (χ4n) is 6.49. The fourth-order valence-corrected chi connectivity index (χ4v) is 10.5. The van der Waals surface area contributed by atoms with Crippen LogP contribution in [0.1, 0.15) is 104 Å². The molecule has 0 aliphatic carbocycles. The zero-order valence-corrected chi connectivity index (χ0v) is 17.5. The third-order valence-electron chi connectivity index (χ3n) is 7.77. The van der Waals surface area contributed by atoms with Gasteiger partial charge in [-0.15, -0.1) is 7.92 Å². The smallest absolute Gasteiger partial charge is 0.100 e. The standard InChI is InChI=1S/C22H42BP/c1-3-10-20-12-7-11-19(2)23(20)17-5-4-6-18-24-21-13-8-14-22(24)16-9-15-21/h19-22H,3-18H2,1-2H3/t19?,20-,21?,22?,24?/m0/s1. The van der Waals surface area contributed by atoms with Crippen LogP contribution in [0.2, 0.25) is 18.0 Å².